The molecule has 0 radical (unpaired) electrons. The molecule has 9 rings (SSSR count). The van der Waals surface area contributed by atoms with Crippen LogP contribution in [0.4, 0.5) is 10.5 Å². The molecule has 24 nitrogen and oxygen atoms in total. The number of alkyl carbamates (subject to hydrolysis) is 1. The number of epoxide rings is 1. The second-order valence-corrected chi connectivity index (χ2v) is 20.1. The molecule has 3 aromatic rings. The minimum absolute atomic E-state index is 0.000598. The molecule has 2 bridgehead atoms. The van der Waals surface area contributed by atoms with E-state index < -0.39 is 65.3 Å². The minimum Gasteiger partial charge on any atom is -0.506 e. The molecule has 4 fully saturated rings. The maximum atomic E-state index is 13.2. The lowest BCUT2D eigenvalue weighted by Gasteiger charge is -2.48. The molecule has 1 spiro atoms. The van der Waals surface area contributed by atoms with Gasteiger partial charge in [0.2, 0.25) is 40.9 Å². The lowest BCUT2D eigenvalue weighted by atomic mass is 9.78. The zero-order chi connectivity index (χ0) is 55.5. The summed E-state index contributed by atoms with van der Waals surface area (Å²) < 4.78 is 65.6. The third kappa shape index (κ3) is 10.7. The molecule has 6 aliphatic rings. The first kappa shape index (κ1) is 56.3. The lowest BCUT2D eigenvalue weighted by Crippen LogP contribution is -2.69. The molecule has 5 aliphatic heterocycles. The summed E-state index contributed by atoms with van der Waals surface area (Å²) in [6, 6.07) is 6.54. The zero-order valence-corrected chi connectivity index (χ0v) is 44.5. The van der Waals surface area contributed by atoms with Crippen molar-refractivity contribution in [2.45, 2.75) is 107 Å². The summed E-state index contributed by atoms with van der Waals surface area (Å²) in [6.45, 7) is 7.06. The molecular formula is C53H66BN5O19. The number of phenols is 1. The number of hydrogen-bond acceptors (Lipinski definition) is 19. The van der Waals surface area contributed by atoms with Crippen LogP contribution in [0.2, 0.25) is 5.82 Å². The number of hydrogen-bond donors (Lipinski definition) is 5. The third-order valence-electron chi connectivity index (χ3n) is 15.0. The molecule has 4 unspecified atom stereocenters. The van der Waals surface area contributed by atoms with E-state index in [1.807, 2.05) is 13.0 Å². The van der Waals surface area contributed by atoms with Crippen molar-refractivity contribution >= 4 is 65.7 Å². The number of nitrogens with zero attached hydrogens (tertiary/aromatic N) is 1. The Hall–Kier alpha value is -6.45. The highest BCUT2D eigenvalue weighted by atomic mass is 16.9. The van der Waals surface area contributed by atoms with Gasteiger partial charge in [-0.05, 0) is 62.9 Å². The topological polar surface area (TPSA) is 296 Å². The fourth-order valence-corrected chi connectivity index (χ4v) is 10.9. The molecule has 25 heteroatoms. The summed E-state index contributed by atoms with van der Waals surface area (Å²) in [6.07, 6.45) is -0.651. The molecule has 0 saturated carbocycles. The van der Waals surface area contributed by atoms with Crippen molar-refractivity contribution in [1.82, 2.24) is 20.9 Å². The molecular weight excluding hydrogens is 1020 g/mol. The Labute approximate surface area is 450 Å². The number of aryl methyl sites for hydroxylation is 1. The number of benzene rings is 3. The van der Waals surface area contributed by atoms with Gasteiger partial charge in [-0.1, -0.05) is 12.1 Å². The van der Waals surface area contributed by atoms with Crippen LogP contribution >= 0.6 is 0 Å². The van der Waals surface area contributed by atoms with Crippen molar-refractivity contribution in [3.8, 4) is 17.2 Å². The van der Waals surface area contributed by atoms with Gasteiger partial charge < -0.3 is 78.5 Å². The van der Waals surface area contributed by atoms with Crippen LogP contribution < -0.4 is 30.7 Å². The van der Waals surface area contributed by atoms with Crippen LogP contribution in [0, 0.1) is 6.92 Å². The van der Waals surface area contributed by atoms with E-state index in [2.05, 4.69) is 21.3 Å². The number of anilines is 1. The number of phenolic OH excluding ortho intramolecular Hbond substituents is 1. The Bertz CT molecular complexity index is 2830. The van der Waals surface area contributed by atoms with Crippen molar-refractivity contribution < 1.29 is 90.8 Å². The Morgan fingerprint density at radius 3 is 2.19 bits per heavy atom. The van der Waals surface area contributed by atoms with Gasteiger partial charge in [0.25, 0.3) is 5.79 Å². The molecule has 420 valence electrons. The number of ether oxygens (including phenoxy) is 11. The third-order valence-corrected chi connectivity index (χ3v) is 15.0. The van der Waals surface area contributed by atoms with E-state index in [0.29, 0.717) is 84.6 Å². The monoisotopic (exact) mass is 1090 g/mol. The van der Waals surface area contributed by atoms with Crippen molar-refractivity contribution in [2.24, 2.45) is 0 Å². The van der Waals surface area contributed by atoms with E-state index in [0.717, 1.165) is 5.56 Å². The smallest absolute Gasteiger partial charge is 0.407 e. The number of carbonyl (C=O) groups is 7. The molecule has 6 amide bonds. The van der Waals surface area contributed by atoms with E-state index in [9.17, 15) is 38.7 Å². The average Bonchev–Trinajstić information content (AvgIpc) is 3.24. The first-order chi connectivity index (χ1) is 37.5. The zero-order valence-electron chi connectivity index (χ0n) is 44.5. The van der Waals surface area contributed by atoms with Crippen LogP contribution in [0.5, 0.6) is 17.2 Å². The maximum Gasteiger partial charge on any atom is 0.407 e. The van der Waals surface area contributed by atoms with Crippen molar-refractivity contribution in [2.75, 3.05) is 92.1 Å². The van der Waals surface area contributed by atoms with E-state index in [-0.39, 0.29) is 106 Å². The molecule has 8 atom stereocenters. The largest absolute Gasteiger partial charge is 0.506 e. The summed E-state index contributed by atoms with van der Waals surface area (Å²) in [7, 11) is 4.74. The lowest BCUT2D eigenvalue weighted by molar-refractivity contribution is -0.287. The number of methoxy groups -OCH3 is 2. The number of amides is 6. The van der Waals surface area contributed by atoms with Gasteiger partial charge in [-0.25, -0.2) is 4.79 Å². The van der Waals surface area contributed by atoms with Crippen LogP contribution in [0.3, 0.4) is 0 Å². The second kappa shape index (κ2) is 23.5. The maximum absolute atomic E-state index is 13.2. The molecule has 5 N–H and O–H groups in total. The fraction of sp³-hybridized carbons (Fsp3) is 0.566. The van der Waals surface area contributed by atoms with E-state index in [1.165, 1.54) is 33.0 Å². The number of rotatable bonds is 26. The Kier molecular flexibility index (Phi) is 16.9. The van der Waals surface area contributed by atoms with Gasteiger partial charge in [0, 0.05) is 54.4 Å². The van der Waals surface area contributed by atoms with Crippen LogP contribution in [-0.2, 0) is 79.6 Å². The number of imide groups is 1. The number of Topliss-reactive ketones (excluding diaryl/α,β-unsaturated/α-hetero) is 1. The van der Waals surface area contributed by atoms with Gasteiger partial charge in [0.1, 0.15) is 49.9 Å². The summed E-state index contributed by atoms with van der Waals surface area (Å²) in [5.41, 5.74) is 1.93. The fourth-order valence-electron chi connectivity index (χ4n) is 10.9. The standard InChI is InChI=1S/C53H66BN5O19/c1-28-23-34-41(42(63)40-33(43(34)68-4)7-6-8-36(40)60)44-39(28)45-46-53(69-5,77-44)51(27-75-51)52(76-45,78-46)26-55-50(67)74-25-31-9-11-32(12-10-31)58-48(65)30(3)57-47(64)29(2)56-37(61)13-15-70-17-19-72-21-22-73-20-18-71-16-14-59-38(62)24-35(54)49(59)66/h9-12,23,29-30,35,45-46,63H,6-8,13-22,24-27,54H2,1-5H3,(H,55,67)(H,56,61)(H,57,64)(H,58,65)/t29-,30-,35?,45?,46?,51+,52?,53+/m0/s1. The summed E-state index contributed by atoms with van der Waals surface area (Å²) in [4.78, 5) is 89.7. The molecule has 78 heavy (non-hydrogen) atoms. The van der Waals surface area contributed by atoms with E-state index in [1.54, 1.807) is 32.1 Å². The van der Waals surface area contributed by atoms with Crippen LogP contribution in [0.1, 0.15) is 78.2 Å². The van der Waals surface area contributed by atoms with Crippen molar-refractivity contribution in [1.29, 1.82) is 0 Å². The average molecular weight is 1090 g/mol. The van der Waals surface area contributed by atoms with Gasteiger partial charge in [-0.3, -0.25) is 33.7 Å². The van der Waals surface area contributed by atoms with Crippen LogP contribution in [-0.4, -0.2) is 181 Å². The number of ketones is 1. The highest BCUT2D eigenvalue weighted by Crippen LogP contribution is 2.70. The SMILES string of the molecule is BC1CC(=O)N(CCOCCOCCOCCOCCC(=O)N[C@@H](C)C(=O)N[C@@H](C)C(=O)Nc2ccc(COC(=O)NCC34OC5c6c(C)cc7c(OC)c8c(c(O)c7c6O[C@](OC)(C5O3)[C@@]43CO3)C(=O)CCC8)cc2)C1=O. The van der Waals surface area contributed by atoms with Crippen molar-refractivity contribution in [3.63, 3.8) is 0 Å². The normalized spacial score (nSPS) is 25.1. The van der Waals surface area contributed by atoms with Crippen LogP contribution in [0.25, 0.3) is 10.8 Å². The summed E-state index contributed by atoms with van der Waals surface area (Å²) >= 11 is 0. The van der Waals surface area contributed by atoms with Gasteiger partial charge >= 0.3 is 6.09 Å². The second-order valence-electron chi connectivity index (χ2n) is 20.1. The Balaban J connectivity index is 0.661. The van der Waals surface area contributed by atoms with Gasteiger partial charge in [0.05, 0.1) is 90.6 Å². The summed E-state index contributed by atoms with van der Waals surface area (Å²) in [5.74, 6) is -4.84. The quantitative estimate of drug-likeness (QED) is 0.0330. The van der Waals surface area contributed by atoms with Gasteiger partial charge in [-0.15, -0.1) is 0 Å². The predicted molar refractivity (Wildman–Crippen MR) is 275 cm³/mol. The van der Waals surface area contributed by atoms with Crippen LogP contribution in [0.15, 0.2) is 30.3 Å². The van der Waals surface area contributed by atoms with Gasteiger partial charge in [0.15, 0.2) is 11.9 Å². The highest BCUT2D eigenvalue weighted by Gasteiger charge is 2.91. The Morgan fingerprint density at radius 2 is 1.55 bits per heavy atom. The van der Waals surface area contributed by atoms with Crippen molar-refractivity contribution in [3.05, 3.63) is 58.1 Å². The molecule has 4 saturated heterocycles. The molecule has 5 heterocycles. The summed E-state index contributed by atoms with van der Waals surface area (Å²) in [5, 5.41) is 23.3. The predicted octanol–water partition coefficient (Wildman–Crippen LogP) is 1.56. The van der Waals surface area contributed by atoms with Gasteiger partial charge in [-0.2, -0.15) is 0 Å². The molecule has 0 aromatic heterocycles. The van der Waals surface area contributed by atoms with E-state index in [4.69, 9.17) is 52.1 Å². The number of aromatic hydroxyl groups is 1. The minimum atomic E-state index is -1.57. The molecule has 3 aromatic carbocycles. The first-order valence-corrected chi connectivity index (χ1v) is 26.2. The number of nitrogens with one attached hydrogen (secondary N) is 4. The number of carbonyl (C=O) groups excluding carboxylic acids is 7. The molecule has 1 aliphatic carbocycles. The Morgan fingerprint density at radius 1 is 0.885 bits per heavy atom. The van der Waals surface area contributed by atoms with E-state index >= 15 is 0 Å². The first-order valence-electron chi connectivity index (χ1n) is 26.2. The highest BCUT2D eigenvalue weighted by molar-refractivity contribution is 6.29. The number of likely N-dealkylation sites (tertiary alicyclic amines) is 1. The number of fused-ring (bicyclic) bond motifs is 8.